The van der Waals surface area contributed by atoms with Gasteiger partial charge < -0.3 is 19.6 Å². The van der Waals surface area contributed by atoms with E-state index in [0.29, 0.717) is 0 Å². The van der Waals surface area contributed by atoms with Crippen LogP contribution in [0.4, 0.5) is 4.79 Å². The van der Waals surface area contributed by atoms with E-state index < -0.39 is 21.7 Å². The SMILES string of the molecule is O=C(NOP(=O)(O)O)NOP(=O)(O)O. The molecule has 0 aliphatic carbocycles. The third-order valence-electron chi connectivity index (χ3n) is 0.515. The number of hydrogen-bond donors (Lipinski definition) is 6. The van der Waals surface area contributed by atoms with Crippen molar-refractivity contribution in [3.63, 3.8) is 0 Å². The van der Waals surface area contributed by atoms with Crippen molar-refractivity contribution < 1.29 is 42.7 Å². The van der Waals surface area contributed by atoms with Gasteiger partial charge in [0.2, 0.25) is 0 Å². The van der Waals surface area contributed by atoms with Gasteiger partial charge >= 0.3 is 21.7 Å². The van der Waals surface area contributed by atoms with Gasteiger partial charge in [0.1, 0.15) is 0 Å². The molecule has 0 spiro atoms. The summed E-state index contributed by atoms with van der Waals surface area (Å²) in [6.07, 6.45) is 0. The van der Waals surface area contributed by atoms with Gasteiger partial charge in [0, 0.05) is 0 Å². The Labute approximate surface area is 76.4 Å². The topological polar surface area (TPSA) is 175 Å². The van der Waals surface area contributed by atoms with Gasteiger partial charge in [0.15, 0.2) is 0 Å². The van der Waals surface area contributed by atoms with Crippen LogP contribution < -0.4 is 11.0 Å². The molecule has 14 heavy (non-hydrogen) atoms. The lowest BCUT2D eigenvalue weighted by molar-refractivity contribution is 0.0937. The molecule has 0 fully saturated rings. The Morgan fingerprint density at radius 3 is 1.43 bits per heavy atom. The molecule has 0 atom stereocenters. The number of amides is 2. The molecule has 11 nitrogen and oxygen atoms in total. The van der Waals surface area contributed by atoms with Gasteiger partial charge in [-0.15, -0.1) is 0 Å². The van der Waals surface area contributed by atoms with Crippen molar-refractivity contribution in [2.75, 3.05) is 0 Å². The van der Waals surface area contributed by atoms with E-state index in [0.717, 1.165) is 11.0 Å². The molecule has 0 radical (unpaired) electrons. The molecule has 0 heterocycles. The highest BCUT2D eigenvalue weighted by Crippen LogP contribution is 2.35. The van der Waals surface area contributed by atoms with E-state index in [2.05, 4.69) is 9.25 Å². The Morgan fingerprint density at radius 1 is 0.929 bits per heavy atom. The van der Waals surface area contributed by atoms with Crippen LogP contribution >= 0.6 is 15.6 Å². The Bertz CT molecular complexity index is 259. The molecule has 0 aliphatic heterocycles. The molecule has 0 aromatic carbocycles. The van der Waals surface area contributed by atoms with Crippen LogP contribution in [0, 0.1) is 0 Å². The lowest BCUT2D eigenvalue weighted by atomic mass is 11.2. The standard InChI is InChI=1S/CH6N2O9P2/c4-1(2-11-13(5,6)7)3-12-14(8,9)10/h(H2,2,3,4)(H2,5,6,7)(H2,8,9,10). The van der Waals surface area contributed by atoms with Crippen molar-refractivity contribution in [1.29, 1.82) is 0 Å². The number of nitrogens with one attached hydrogen (secondary N) is 2. The molecule has 0 aromatic rings. The predicted octanol–water partition coefficient (Wildman–Crippen LogP) is -1.67. The molecule has 0 aromatic heterocycles. The second kappa shape index (κ2) is 4.82. The Balaban J connectivity index is 3.79. The highest BCUT2D eigenvalue weighted by molar-refractivity contribution is 7.46. The van der Waals surface area contributed by atoms with E-state index in [-0.39, 0.29) is 0 Å². The largest absolute Gasteiger partial charge is 0.491 e. The van der Waals surface area contributed by atoms with E-state index >= 15 is 0 Å². The van der Waals surface area contributed by atoms with E-state index in [1.54, 1.807) is 0 Å². The summed E-state index contributed by atoms with van der Waals surface area (Å²) in [4.78, 5) is 42.6. The summed E-state index contributed by atoms with van der Waals surface area (Å²) in [7, 11) is -9.81. The van der Waals surface area contributed by atoms with Gasteiger partial charge in [-0.25, -0.2) is 24.9 Å². The highest BCUT2D eigenvalue weighted by Gasteiger charge is 2.19. The fraction of sp³-hybridized carbons (Fsp3) is 0. The van der Waals surface area contributed by atoms with E-state index in [1.165, 1.54) is 0 Å². The highest BCUT2D eigenvalue weighted by atomic mass is 31.2. The van der Waals surface area contributed by atoms with Crippen molar-refractivity contribution >= 4 is 21.7 Å². The molecule has 6 N–H and O–H groups in total. The molecule has 0 bridgehead atoms. The maximum absolute atomic E-state index is 10.4. The van der Waals surface area contributed by atoms with Crippen LogP contribution in [0.15, 0.2) is 0 Å². The summed E-state index contributed by atoms with van der Waals surface area (Å²) in [5.74, 6) is 0. The first-order valence-electron chi connectivity index (χ1n) is 2.64. The first-order chi connectivity index (χ1) is 6.10. The van der Waals surface area contributed by atoms with Crippen LogP contribution in [0.25, 0.3) is 0 Å². The predicted molar refractivity (Wildman–Crippen MR) is 37.9 cm³/mol. The number of rotatable bonds is 4. The molecule has 0 saturated heterocycles. The lowest BCUT2D eigenvalue weighted by Crippen LogP contribution is -2.34. The number of hydrogen-bond acceptors (Lipinski definition) is 5. The summed E-state index contributed by atoms with van der Waals surface area (Å²) in [6.45, 7) is 0. The first-order valence-corrected chi connectivity index (χ1v) is 5.70. The van der Waals surface area contributed by atoms with Gasteiger partial charge in [-0.3, -0.25) is 0 Å². The summed E-state index contributed by atoms with van der Waals surface area (Å²) in [6, 6.07) is -1.50. The molecule has 0 rings (SSSR count). The first kappa shape index (κ1) is 13.5. The molecule has 13 heteroatoms. The molecule has 0 aliphatic rings. The van der Waals surface area contributed by atoms with E-state index in [4.69, 9.17) is 19.6 Å². The molecular weight excluding hydrogens is 246 g/mol. The molecule has 84 valence electrons. The summed E-state index contributed by atoms with van der Waals surface area (Å²) >= 11 is 0. The smallest absolute Gasteiger partial charge is 0.301 e. The van der Waals surface area contributed by atoms with E-state index in [9.17, 15) is 13.9 Å². The minimum atomic E-state index is -4.91. The van der Waals surface area contributed by atoms with Gasteiger partial charge in [-0.05, 0) is 0 Å². The average Bonchev–Trinajstić information content (AvgIpc) is 1.94. The van der Waals surface area contributed by atoms with Crippen molar-refractivity contribution in [2.45, 2.75) is 0 Å². The van der Waals surface area contributed by atoms with Crippen LogP contribution in [0.2, 0.25) is 0 Å². The minimum absolute atomic E-state index is 1.11. The fourth-order valence-electron chi connectivity index (χ4n) is 0.223. The Morgan fingerprint density at radius 2 is 1.21 bits per heavy atom. The maximum atomic E-state index is 10.4. The number of urea groups is 1. The molecule has 2 amide bonds. The second-order valence-corrected chi connectivity index (χ2v) is 4.02. The van der Waals surface area contributed by atoms with Crippen molar-refractivity contribution in [3.05, 3.63) is 0 Å². The zero-order valence-corrected chi connectivity index (χ0v) is 8.01. The molecular formula is CH6N2O9P2. The maximum Gasteiger partial charge on any atom is 0.491 e. The fourth-order valence-corrected chi connectivity index (χ4v) is 0.626. The summed E-state index contributed by atoms with van der Waals surface area (Å²) in [5.41, 5.74) is 2.23. The van der Waals surface area contributed by atoms with Crippen molar-refractivity contribution in [2.24, 2.45) is 0 Å². The number of hydroxylamine groups is 2. The third-order valence-corrected chi connectivity index (χ3v) is 1.17. The van der Waals surface area contributed by atoms with Gasteiger partial charge in [0.05, 0.1) is 0 Å². The summed E-state index contributed by atoms with van der Waals surface area (Å²) < 4.78 is 26.8. The molecule has 0 saturated carbocycles. The van der Waals surface area contributed by atoms with Crippen LogP contribution in [0.5, 0.6) is 0 Å². The number of phosphoric acid groups is 2. The minimum Gasteiger partial charge on any atom is -0.301 e. The average molecular weight is 252 g/mol. The normalized spacial score (nSPS) is 12.3. The Hall–Kier alpha value is -0.510. The lowest BCUT2D eigenvalue weighted by Gasteiger charge is -2.07. The Kier molecular flexibility index (Phi) is 4.65. The van der Waals surface area contributed by atoms with Gasteiger partial charge in [0.25, 0.3) is 0 Å². The monoisotopic (exact) mass is 252 g/mol. The van der Waals surface area contributed by atoms with E-state index in [1.807, 2.05) is 0 Å². The number of carbonyl (C=O) groups excluding carboxylic acids is 1. The van der Waals surface area contributed by atoms with Crippen LogP contribution in [0.1, 0.15) is 0 Å². The van der Waals surface area contributed by atoms with Crippen LogP contribution in [-0.4, -0.2) is 25.6 Å². The number of carbonyl (C=O) groups is 1. The summed E-state index contributed by atoms with van der Waals surface area (Å²) in [5, 5.41) is 0. The van der Waals surface area contributed by atoms with Gasteiger partial charge in [-0.2, -0.15) is 9.25 Å². The van der Waals surface area contributed by atoms with Gasteiger partial charge in [-0.1, -0.05) is 0 Å². The van der Waals surface area contributed by atoms with Crippen molar-refractivity contribution in [3.8, 4) is 0 Å². The zero-order chi connectivity index (χ0) is 11.4. The second-order valence-electron chi connectivity index (χ2n) is 1.70. The quantitative estimate of drug-likeness (QED) is 0.252. The van der Waals surface area contributed by atoms with Crippen LogP contribution in [-0.2, 0) is 18.4 Å². The molecule has 0 unspecified atom stereocenters. The third kappa shape index (κ3) is 9.58. The van der Waals surface area contributed by atoms with Crippen LogP contribution in [0.3, 0.4) is 0 Å². The van der Waals surface area contributed by atoms with Crippen molar-refractivity contribution in [1.82, 2.24) is 11.0 Å². The zero-order valence-electron chi connectivity index (χ0n) is 6.22.